The Balaban J connectivity index is 1.92. The molecule has 4 N–H and O–H groups in total. The SMILES string of the molecule is Cc1ccc(C(=O)NCC2CCCCC2CN)cc1O. The summed E-state index contributed by atoms with van der Waals surface area (Å²) in [5.74, 6) is 1.05. The van der Waals surface area contributed by atoms with Crippen LogP contribution in [-0.2, 0) is 0 Å². The molecule has 0 saturated heterocycles. The van der Waals surface area contributed by atoms with Gasteiger partial charge in [0, 0.05) is 12.1 Å². The molecule has 20 heavy (non-hydrogen) atoms. The molecule has 2 atom stereocenters. The van der Waals surface area contributed by atoms with E-state index in [0.29, 0.717) is 30.5 Å². The van der Waals surface area contributed by atoms with Gasteiger partial charge in [-0.05, 0) is 55.8 Å². The number of aryl methyl sites for hydroxylation is 1. The third-order valence-electron chi connectivity index (χ3n) is 4.37. The topological polar surface area (TPSA) is 75.4 Å². The molecule has 1 amide bonds. The number of aromatic hydroxyl groups is 1. The van der Waals surface area contributed by atoms with Crippen molar-refractivity contribution in [1.29, 1.82) is 0 Å². The van der Waals surface area contributed by atoms with E-state index in [1.54, 1.807) is 12.1 Å². The van der Waals surface area contributed by atoms with Gasteiger partial charge in [0.1, 0.15) is 5.75 Å². The van der Waals surface area contributed by atoms with Gasteiger partial charge in [-0.15, -0.1) is 0 Å². The number of rotatable bonds is 4. The molecule has 4 heteroatoms. The van der Waals surface area contributed by atoms with Crippen molar-refractivity contribution in [3.8, 4) is 5.75 Å². The van der Waals surface area contributed by atoms with Gasteiger partial charge >= 0.3 is 0 Å². The van der Waals surface area contributed by atoms with Gasteiger partial charge in [-0.2, -0.15) is 0 Å². The van der Waals surface area contributed by atoms with E-state index < -0.39 is 0 Å². The van der Waals surface area contributed by atoms with Crippen LogP contribution < -0.4 is 11.1 Å². The molecule has 0 spiro atoms. The maximum absolute atomic E-state index is 12.1. The second kappa shape index (κ2) is 6.75. The molecule has 0 aromatic heterocycles. The van der Waals surface area contributed by atoms with Crippen LogP contribution in [0.3, 0.4) is 0 Å². The summed E-state index contributed by atoms with van der Waals surface area (Å²) in [6.07, 6.45) is 4.78. The molecule has 0 heterocycles. The number of hydrogen-bond donors (Lipinski definition) is 3. The Bertz CT molecular complexity index is 474. The number of phenols is 1. The number of benzene rings is 1. The highest BCUT2D eigenvalue weighted by molar-refractivity contribution is 5.94. The smallest absolute Gasteiger partial charge is 0.251 e. The number of amides is 1. The van der Waals surface area contributed by atoms with Gasteiger partial charge in [-0.25, -0.2) is 0 Å². The molecule has 0 radical (unpaired) electrons. The quantitative estimate of drug-likeness (QED) is 0.789. The van der Waals surface area contributed by atoms with E-state index in [1.165, 1.54) is 25.3 Å². The summed E-state index contributed by atoms with van der Waals surface area (Å²) >= 11 is 0. The summed E-state index contributed by atoms with van der Waals surface area (Å²) in [5, 5.41) is 12.6. The molecule has 0 aliphatic heterocycles. The van der Waals surface area contributed by atoms with Crippen LogP contribution in [0.4, 0.5) is 0 Å². The molecule has 1 saturated carbocycles. The molecule has 110 valence electrons. The third kappa shape index (κ3) is 3.51. The minimum Gasteiger partial charge on any atom is -0.508 e. The molecule has 1 aromatic carbocycles. The lowest BCUT2D eigenvalue weighted by Gasteiger charge is -2.30. The maximum Gasteiger partial charge on any atom is 0.251 e. The lowest BCUT2D eigenvalue weighted by atomic mass is 9.79. The summed E-state index contributed by atoms with van der Waals surface area (Å²) < 4.78 is 0. The van der Waals surface area contributed by atoms with Gasteiger partial charge in [0.05, 0.1) is 0 Å². The van der Waals surface area contributed by atoms with Gasteiger partial charge in [0.2, 0.25) is 0 Å². The molecule has 1 aromatic rings. The predicted octanol–water partition coefficient (Wildman–Crippen LogP) is 2.20. The molecule has 1 aliphatic carbocycles. The zero-order valence-electron chi connectivity index (χ0n) is 12.1. The first-order valence-corrected chi connectivity index (χ1v) is 7.39. The van der Waals surface area contributed by atoms with E-state index in [0.717, 1.165) is 12.0 Å². The normalized spacial score (nSPS) is 22.5. The van der Waals surface area contributed by atoms with Crippen molar-refractivity contribution in [2.45, 2.75) is 32.6 Å². The second-order valence-electron chi connectivity index (χ2n) is 5.75. The van der Waals surface area contributed by atoms with E-state index >= 15 is 0 Å². The van der Waals surface area contributed by atoms with Crippen LogP contribution >= 0.6 is 0 Å². The number of nitrogens with two attached hydrogens (primary N) is 1. The summed E-state index contributed by atoms with van der Waals surface area (Å²) in [7, 11) is 0. The van der Waals surface area contributed by atoms with Crippen LogP contribution in [0.2, 0.25) is 0 Å². The summed E-state index contributed by atoms with van der Waals surface area (Å²) in [4.78, 5) is 12.1. The van der Waals surface area contributed by atoms with E-state index in [2.05, 4.69) is 5.32 Å². The first-order valence-electron chi connectivity index (χ1n) is 7.39. The lowest BCUT2D eigenvalue weighted by Crippen LogP contribution is -2.36. The van der Waals surface area contributed by atoms with Crippen molar-refractivity contribution in [2.75, 3.05) is 13.1 Å². The van der Waals surface area contributed by atoms with Crippen molar-refractivity contribution < 1.29 is 9.90 Å². The van der Waals surface area contributed by atoms with Gasteiger partial charge in [-0.1, -0.05) is 18.9 Å². The fourth-order valence-electron chi connectivity index (χ4n) is 2.94. The highest BCUT2D eigenvalue weighted by Gasteiger charge is 2.24. The zero-order chi connectivity index (χ0) is 14.5. The van der Waals surface area contributed by atoms with Gasteiger partial charge in [-0.3, -0.25) is 4.79 Å². The molecule has 2 rings (SSSR count). The third-order valence-corrected chi connectivity index (χ3v) is 4.37. The van der Waals surface area contributed by atoms with E-state index in [-0.39, 0.29) is 11.7 Å². The predicted molar refractivity (Wildman–Crippen MR) is 79.7 cm³/mol. The average molecular weight is 276 g/mol. The second-order valence-corrected chi connectivity index (χ2v) is 5.75. The van der Waals surface area contributed by atoms with Gasteiger partial charge < -0.3 is 16.2 Å². The van der Waals surface area contributed by atoms with Crippen molar-refractivity contribution in [1.82, 2.24) is 5.32 Å². The first-order chi connectivity index (χ1) is 9.61. The van der Waals surface area contributed by atoms with Crippen LogP contribution in [-0.4, -0.2) is 24.1 Å². The van der Waals surface area contributed by atoms with E-state index in [4.69, 9.17) is 5.73 Å². The van der Waals surface area contributed by atoms with Crippen molar-refractivity contribution in [3.63, 3.8) is 0 Å². The minimum absolute atomic E-state index is 0.123. The zero-order valence-corrected chi connectivity index (χ0v) is 12.1. The summed E-state index contributed by atoms with van der Waals surface area (Å²) in [5.41, 5.74) is 7.08. The maximum atomic E-state index is 12.1. The highest BCUT2D eigenvalue weighted by atomic mass is 16.3. The Labute approximate surface area is 120 Å². The van der Waals surface area contributed by atoms with Gasteiger partial charge in [0.15, 0.2) is 0 Å². The molecular weight excluding hydrogens is 252 g/mol. The van der Waals surface area contributed by atoms with E-state index in [1.807, 2.05) is 6.92 Å². The van der Waals surface area contributed by atoms with Crippen molar-refractivity contribution in [2.24, 2.45) is 17.6 Å². The van der Waals surface area contributed by atoms with Crippen molar-refractivity contribution >= 4 is 5.91 Å². The van der Waals surface area contributed by atoms with Crippen LogP contribution in [0.25, 0.3) is 0 Å². The standard InChI is InChI=1S/C16H24N2O2/c1-11-6-7-12(8-15(11)19)16(20)18-10-14-5-3-2-4-13(14)9-17/h6-8,13-14,19H,2-5,9-10,17H2,1H3,(H,18,20). The number of nitrogens with one attached hydrogen (secondary N) is 1. The summed E-state index contributed by atoms with van der Waals surface area (Å²) in [6.45, 7) is 3.19. The number of carbonyl (C=O) groups is 1. The molecule has 2 unspecified atom stereocenters. The summed E-state index contributed by atoms with van der Waals surface area (Å²) in [6, 6.07) is 5.02. The largest absolute Gasteiger partial charge is 0.508 e. The minimum atomic E-state index is -0.123. The molecule has 4 nitrogen and oxygen atoms in total. The lowest BCUT2D eigenvalue weighted by molar-refractivity contribution is 0.0934. The van der Waals surface area contributed by atoms with Crippen LogP contribution in [0.15, 0.2) is 18.2 Å². The molecule has 1 aliphatic rings. The Hall–Kier alpha value is -1.55. The fourth-order valence-corrected chi connectivity index (χ4v) is 2.94. The first kappa shape index (κ1) is 14.9. The van der Waals surface area contributed by atoms with Crippen LogP contribution in [0.5, 0.6) is 5.75 Å². The Morgan fingerprint density at radius 1 is 1.35 bits per heavy atom. The fraction of sp³-hybridized carbons (Fsp3) is 0.562. The van der Waals surface area contributed by atoms with E-state index in [9.17, 15) is 9.90 Å². The highest BCUT2D eigenvalue weighted by Crippen LogP contribution is 2.28. The molecular formula is C16H24N2O2. The molecule has 0 bridgehead atoms. The average Bonchev–Trinajstić information content (AvgIpc) is 2.47. The van der Waals surface area contributed by atoms with Gasteiger partial charge in [0.25, 0.3) is 5.91 Å². The Morgan fingerprint density at radius 3 is 2.70 bits per heavy atom. The Morgan fingerprint density at radius 2 is 2.05 bits per heavy atom. The number of carbonyl (C=O) groups excluding carboxylic acids is 1. The number of hydrogen-bond acceptors (Lipinski definition) is 3. The van der Waals surface area contributed by atoms with Crippen LogP contribution in [0.1, 0.15) is 41.6 Å². The molecule has 1 fully saturated rings. The monoisotopic (exact) mass is 276 g/mol. The number of phenolic OH excluding ortho intramolecular Hbond substituents is 1. The Kier molecular flexibility index (Phi) is 5.01. The van der Waals surface area contributed by atoms with Crippen LogP contribution in [0, 0.1) is 18.8 Å². The van der Waals surface area contributed by atoms with Crippen molar-refractivity contribution in [3.05, 3.63) is 29.3 Å².